The molecule has 3 aromatic heterocycles. The van der Waals surface area contributed by atoms with Gasteiger partial charge in [-0.3, -0.25) is 9.59 Å². The van der Waals surface area contributed by atoms with Crippen LogP contribution in [0, 0.1) is 12.8 Å². The zero-order valence-electron chi connectivity index (χ0n) is 19.3. The molecule has 0 bridgehead atoms. The maximum Gasteiger partial charge on any atom is 0.254 e. The lowest BCUT2D eigenvalue weighted by molar-refractivity contribution is -0.126. The van der Waals surface area contributed by atoms with E-state index in [9.17, 15) is 9.59 Å². The van der Waals surface area contributed by atoms with E-state index in [1.807, 2.05) is 43.0 Å². The van der Waals surface area contributed by atoms with E-state index in [0.29, 0.717) is 42.6 Å². The number of nitrogens with one attached hydrogen (secondary N) is 1. The summed E-state index contributed by atoms with van der Waals surface area (Å²) in [7, 11) is 0. The van der Waals surface area contributed by atoms with Crippen LogP contribution in [-0.4, -0.2) is 56.1 Å². The minimum Gasteiger partial charge on any atom is -0.356 e. The number of carbonyl (C=O) groups is 2. The van der Waals surface area contributed by atoms with Gasteiger partial charge in [0, 0.05) is 37.4 Å². The normalized spacial score (nSPS) is 18.5. The Morgan fingerprint density at radius 2 is 2.06 bits per heavy atom. The lowest BCUT2D eigenvalue weighted by Crippen LogP contribution is -2.45. The van der Waals surface area contributed by atoms with Crippen LogP contribution in [0.25, 0.3) is 16.9 Å². The molecule has 1 aliphatic heterocycles. The Balaban J connectivity index is 1.53. The van der Waals surface area contributed by atoms with Crippen LogP contribution < -0.4 is 5.32 Å². The average Bonchev–Trinajstić information content (AvgIpc) is 3.65. The number of aromatic nitrogens is 4. The van der Waals surface area contributed by atoms with Gasteiger partial charge in [-0.05, 0) is 57.2 Å². The molecule has 5 rings (SSSR count). The van der Waals surface area contributed by atoms with E-state index >= 15 is 0 Å². The fraction of sp³-hybridized carbons (Fsp3) is 0.480. The van der Waals surface area contributed by atoms with Crippen LogP contribution in [0.1, 0.15) is 66.7 Å². The van der Waals surface area contributed by atoms with Gasteiger partial charge >= 0.3 is 0 Å². The molecule has 33 heavy (non-hydrogen) atoms. The predicted molar refractivity (Wildman–Crippen MR) is 125 cm³/mol. The topological polar surface area (TPSA) is 93.0 Å². The molecule has 0 aromatic carbocycles. The van der Waals surface area contributed by atoms with Gasteiger partial charge in [0.05, 0.1) is 22.6 Å². The van der Waals surface area contributed by atoms with Crippen LogP contribution in [0.15, 0.2) is 30.5 Å². The Hall–Kier alpha value is -3.29. The molecule has 3 aromatic rings. The highest BCUT2D eigenvalue weighted by molar-refractivity contribution is 6.07. The molecule has 8 nitrogen and oxygen atoms in total. The Bertz CT molecular complexity index is 1180. The highest BCUT2D eigenvalue weighted by atomic mass is 16.2. The van der Waals surface area contributed by atoms with Crippen LogP contribution in [0.5, 0.6) is 0 Å². The van der Waals surface area contributed by atoms with Crippen molar-refractivity contribution in [3.05, 3.63) is 47.4 Å². The van der Waals surface area contributed by atoms with Gasteiger partial charge in [-0.1, -0.05) is 13.0 Å². The second-order valence-electron chi connectivity index (χ2n) is 9.13. The predicted octanol–water partition coefficient (Wildman–Crippen LogP) is 3.38. The number of pyridine rings is 2. The van der Waals surface area contributed by atoms with Crippen LogP contribution in [0.3, 0.4) is 0 Å². The molecule has 0 radical (unpaired) electrons. The van der Waals surface area contributed by atoms with Crippen LogP contribution >= 0.6 is 0 Å². The molecule has 172 valence electrons. The lowest BCUT2D eigenvalue weighted by Gasteiger charge is -2.32. The number of aryl methyl sites for hydroxylation is 1. The number of amides is 2. The number of hydrogen-bond acceptors (Lipinski definition) is 5. The molecule has 2 aliphatic rings. The maximum absolute atomic E-state index is 13.8. The minimum absolute atomic E-state index is 0.0408. The summed E-state index contributed by atoms with van der Waals surface area (Å²) in [6, 6.07) is 7.63. The molecule has 4 heterocycles. The SMILES string of the molecule is CCCNC(=O)C1CCCN(C(=O)c2cc(C3CC3)nc3c2c(C)nn3-c2ccccn2)C1. The summed E-state index contributed by atoms with van der Waals surface area (Å²) < 4.78 is 1.74. The fourth-order valence-electron chi connectivity index (χ4n) is 4.64. The molecule has 1 aliphatic carbocycles. The van der Waals surface area contributed by atoms with Crippen molar-refractivity contribution in [3.8, 4) is 5.82 Å². The van der Waals surface area contributed by atoms with Crippen molar-refractivity contribution in [2.45, 2.75) is 51.9 Å². The number of fused-ring (bicyclic) bond motifs is 1. The third-order valence-electron chi connectivity index (χ3n) is 6.55. The molecule has 8 heteroatoms. The molecule has 1 saturated carbocycles. The van der Waals surface area contributed by atoms with Gasteiger partial charge in [0.15, 0.2) is 11.5 Å². The van der Waals surface area contributed by atoms with E-state index in [2.05, 4.69) is 10.3 Å². The first-order chi connectivity index (χ1) is 16.1. The second-order valence-corrected chi connectivity index (χ2v) is 9.13. The first kappa shape index (κ1) is 21.6. The monoisotopic (exact) mass is 446 g/mol. The first-order valence-corrected chi connectivity index (χ1v) is 12.0. The van der Waals surface area contributed by atoms with E-state index < -0.39 is 0 Å². The quantitative estimate of drug-likeness (QED) is 0.627. The van der Waals surface area contributed by atoms with E-state index in [-0.39, 0.29) is 17.7 Å². The summed E-state index contributed by atoms with van der Waals surface area (Å²) in [4.78, 5) is 37.6. The van der Waals surface area contributed by atoms with Crippen molar-refractivity contribution in [1.82, 2.24) is 30.0 Å². The molecule has 2 amide bonds. The smallest absolute Gasteiger partial charge is 0.254 e. The van der Waals surface area contributed by atoms with Gasteiger partial charge in [0.25, 0.3) is 5.91 Å². The Morgan fingerprint density at radius 1 is 1.21 bits per heavy atom. The number of likely N-dealkylation sites (tertiary alicyclic amines) is 1. The number of nitrogens with zero attached hydrogens (tertiary/aromatic N) is 5. The summed E-state index contributed by atoms with van der Waals surface area (Å²) in [5, 5.41) is 8.46. The second kappa shape index (κ2) is 8.92. The van der Waals surface area contributed by atoms with Crippen molar-refractivity contribution in [2.75, 3.05) is 19.6 Å². The summed E-state index contributed by atoms with van der Waals surface area (Å²) in [5.74, 6) is 0.919. The molecule has 1 saturated heterocycles. The molecular formula is C25H30N6O2. The summed E-state index contributed by atoms with van der Waals surface area (Å²) in [6.07, 6.45) is 6.45. The molecule has 1 N–H and O–H groups in total. The van der Waals surface area contributed by atoms with Gasteiger partial charge in [-0.15, -0.1) is 0 Å². The highest BCUT2D eigenvalue weighted by Crippen LogP contribution is 2.41. The third-order valence-corrected chi connectivity index (χ3v) is 6.55. The Labute approximate surface area is 193 Å². The van der Waals surface area contributed by atoms with E-state index in [0.717, 1.165) is 48.9 Å². The third kappa shape index (κ3) is 4.21. The van der Waals surface area contributed by atoms with Gasteiger partial charge in [-0.25, -0.2) is 9.97 Å². The van der Waals surface area contributed by atoms with Gasteiger partial charge in [0.1, 0.15) is 0 Å². The number of rotatable bonds is 6. The van der Waals surface area contributed by atoms with Crippen LogP contribution in [0.2, 0.25) is 0 Å². The number of carbonyl (C=O) groups excluding carboxylic acids is 2. The summed E-state index contributed by atoms with van der Waals surface area (Å²) in [5.41, 5.74) is 3.00. The fourth-order valence-corrected chi connectivity index (χ4v) is 4.64. The van der Waals surface area contributed by atoms with Gasteiger partial charge in [0.2, 0.25) is 5.91 Å². The molecule has 2 fully saturated rings. The molecule has 0 spiro atoms. The minimum atomic E-state index is -0.160. The van der Waals surface area contributed by atoms with Crippen molar-refractivity contribution < 1.29 is 9.59 Å². The van der Waals surface area contributed by atoms with Crippen molar-refractivity contribution in [2.24, 2.45) is 5.92 Å². The van der Waals surface area contributed by atoms with Crippen LogP contribution in [0.4, 0.5) is 0 Å². The van der Waals surface area contributed by atoms with E-state index in [1.165, 1.54) is 0 Å². The standard InChI is InChI=1S/C25H30N6O2/c1-3-11-27-24(32)18-7-6-13-30(15-18)25(33)19-14-20(17-9-10-17)28-23-22(19)16(2)29-31(23)21-8-4-5-12-26-21/h4-5,8,12,14,17-18H,3,6-7,9-11,13,15H2,1-2H3,(H,27,32). The van der Waals surface area contributed by atoms with Gasteiger partial charge < -0.3 is 10.2 Å². The zero-order valence-corrected chi connectivity index (χ0v) is 19.3. The zero-order chi connectivity index (χ0) is 22.9. The highest BCUT2D eigenvalue weighted by Gasteiger charge is 2.33. The maximum atomic E-state index is 13.8. The molecule has 1 atom stereocenters. The summed E-state index contributed by atoms with van der Waals surface area (Å²) in [6.45, 7) is 5.73. The number of hydrogen-bond donors (Lipinski definition) is 1. The Kier molecular flexibility index (Phi) is 5.83. The molecule has 1 unspecified atom stereocenters. The largest absolute Gasteiger partial charge is 0.356 e. The Morgan fingerprint density at radius 3 is 2.79 bits per heavy atom. The van der Waals surface area contributed by atoms with Gasteiger partial charge in [-0.2, -0.15) is 9.78 Å². The first-order valence-electron chi connectivity index (χ1n) is 12.0. The number of piperidine rings is 1. The molecular weight excluding hydrogens is 416 g/mol. The summed E-state index contributed by atoms with van der Waals surface area (Å²) >= 11 is 0. The van der Waals surface area contributed by atoms with Crippen molar-refractivity contribution >= 4 is 22.8 Å². The van der Waals surface area contributed by atoms with Crippen molar-refractivity contribution in [1.29, 1.82) is 0 Å². The van der Waals surface area contributed by atoms with E-state index in [1.54, 1.807) is 10.9 Å². The lowest BCUT2D eigenvalue weighted by atomic mass is 9.96. The van der Waals surface area contributed by atoms with E-state index in [4.69, 9.17) is 10.1 Å². The van der Waals surface area contributed by atoms with Crippen molar-refractivity contribution in [3.63, 3.8) is 0 Å². The average molecular weight is 447 g/mol. The van der Waals surface area contributed by atoms with Crippen LogP contribution in [-0.2, 0) is 4.79 Å².